The van der Waals surface area contributed by atoms with Crippen LogP contribution in [0.4, 0.5) is 0 Å². The lowest BCUT2D eigenvalue weighted by Crippen LogP contribution is -2.38. The highest BCUT2D eigenvalue weighted by molar-refractivity contribution is 5.78. The highest BCUT2D eigenvalue weighted by Crippen LogP contribution is 2.31. The van der Waals surface area contributed by atoms with Gasteiger partial charge in [-0.3, -0.25) is 4.79 Å². The van der Waals surface area contributed by atoms with Gasteiger partial charge in [0.1, 0.15) is 5.75 Å². The standard InChI is InChI=1S/C23H32N2O2/c1-17(2)19-12-11-18(3)15-22(19)27-16-23(26)25-14-7-5-6-9-21(25)20-10-8-13-24(20)4/h8,10-13,15,17,21H,5-7,9,14,16H2,1-4H3. The maximum Gasteiger partial charge on any atom is 0.261 e. The third-order valence-electron chi connectivity index (χ3n) is 5.54. The van der Waals surface area contributed by atoms with E-state index in [2.05, 4.69) is 62.8 Å². The average Bonchev–Trinajstić information content (AvgIpc) is 2.91. The summed E-state index contributed by atoms with van der Waals surface area (Å²) in [6, 6.07) is 10.6. The van der Waals surface area contributed by atoms with Crippen molar-refractivity contribution in [2.24, 2.45) is 7.05 Å². The maximum atomic E-state index is 13.1. The lowest BCUT2D eigenvalue weighted by Gasteiger charge is -2.30. The number of rotatable bonds is 5. The van der Waals surface area contributed by atoms with Crippen molar-refractivity contribution in [2.75, 3.05) is 13.2 Å². The summed E-state index contributed by atoms with van der Waals surface area (Å²) in [5, 5.41) is 0. The second kappa shape index (κ2) is 8.64. The maximum absolute atomic E-state index is 13.1. The molecule has 1 aromatic carbocycles. The zero-order chi connectivity index (χ0) is 19.4. The zero-order valence-electron chi connectivity index (χ0n) is 17.1. The van der Waals surface area contributed by atoms with E-state index in [1.54, 1.807) is 0 Å². The topological polar surface area (TPSA) is 34.5 Å². The summed E-state index contributed by atoms with van der Waals surface area (Å²) < 4.78 is 8.17. The molecular weight excluding hydrogens is 336 g/mol. The second-order valence-electron chi connectivity index (χ2n) is 7.98. The molecular formula is C23H32N2O2. The van der Waals surface area contributed by atoms with Crippen molar-refractivity contribution in [1.29, 1.82) is 0 Å². The molecule has 1 aliphatic heterocycles. The molecule has 1 aliphatic rings. The van der Waals surface area contributed by atoms with Crippen molar-refractivity contribution in [3.8, 4) is 5.75 Å². The molecule has 2 heterocycles. The first-order valence-corrected chi connectivity index (χ1v) is 10.1. The van der Waals surface area contributed by atoms with E-state index in [1.165, 1.54) is 12.1 Å². The lowest BCUT2D eigenvalue weighted by atomic mass is 10.0. The van der Waals surface area contributed by atoms with Gasteiger partial charge in [-0.25, -0.2) is 0 Å². The van der Waals surface area contributed by atoms with Crippen LogP contribution in [0.1, 0.15) is 68.3 Å². The van der Waals surface area contributed by atoms with E-state index in [4.69, 9.17) is 4.74 Å². The van der Waals surface area contributed by atoms with Crippen molar-refractivity contribution < 1.29 is 9.53 Å². The predicted molar refractivity (Wildman–Crippen MR) is 109 cm³/mol. The molecule has 0 aliphatic carbocycles. The average molecular weight is 369 g/mol. The minimum Gasteiger partial charge on any atom is -0.483 e. The van der Waals surface area contributed by atoms with E-state index in [1.807, 2.05) is 11.0 Å². The first kappa shape index (κ1) is 19.5. The van der Waals surface area contributed by atoms with E-state index in [0.717, 1.165) is 42.7 Å². The quantitative estimate of drug-likeness (QED) is 0.746. The van der Waals surface area contributed by atoms with Crippen molar-refractivity contribution >= 4 is 5.91 Å². The molecule has 3 rings (SSSR count). The fourth-order valence-electron chi connectivity index (χ4n) is 4.00. The highest BCUT2D eigenvalue weighted by Gasteiger charge is 2.28. The van der Waals surface area contributed by atoms with Gasteiger partial charge in [0.2, 0.25) is 0 Å². The third kappa shape index (κ3) is 4.55. The summed E-state index contributed by atoms with van der Waals surface area (Å²) >= 11 is 0. The predicted octanol–water partition coefficient (Wildman–Crippen LogP) is 4.98. The number of benzene rings is 1. The number of aryl methyl sites for hydroxylation is 2. The minimum atomic E-state index is 0.0827. The molecule has 1 saturated heterocycles. The van der Waals surface area contributed by atoms with Gasteiger partial charge >= 0.3 is 0 Å². The van der Waals surface area contributed by atoms with Crippen molar-refractivity contribution in [3.05, 3.63) is 53.3 Å². The smallest absolute Gasteiger partial charge is 0.261 e. The van der Waals surface area contributed by atoms with Crippen LogP contribution in [0.3, 0.4) is 0 Å². The molecule has 1 amide bonds. The van der Waals surface area contributed by atoms with Gasteiger partial charge in [-0.15, -0.1) is 0 Å². The van der Waals surface area contributed by atoms with Crippen LogP contribution in [0.15, 0.2) is 36.5 Å². The monoisotopic (exact) mass is 368 g/mol. The van der Waals surface area contributed by atoms with Crippen molar-refractivity contribution in [2.45, 2.75) is 58.4 Å². The van der Waals surface area contributed by atoms with Gasteiger partial charge in [0.05, 0.1) is 6.04 Å². The first-order chi connectivity index (χ1) is 13.0. The Balaban J connectivity index is 1.76. The van der Waals surface area contributed by atoms with Gasteiger partial charge in [-0.2, -0.15) is 0 Å². The van der Waals surface area contributed by atoms with Crippen LogP contribution in [0.2, 0.25) is 0 Å². The molecule has 2 aromatic rings. The number of carbonyl (C=O) groups excluding carboxylic acids is 1. The molecule has 1 aromatic heterocycles. The molecule has 4 nitrogen and oxygen atoms in total. The minimum absolute atomic E-state index is 0.0827. The van der Waals surface area contributed by atoms with Crippen LogP contribution >= 0.6 is 0 Å². The van der Waals surface area contributed by atoms with Crippen LogP contribution in [0.25, 0.3) is 0 Å². The largest absolute Gasteiger partial charge is 0.483 e. The molecule has 0 spiro atoms. The number of hydrogen-bond donors (Lipinski definition) is 0. The normalized spacial score (nSPS) is 17.8. The Kier molecular flexibility index (Phi) is 6.25. The Hall–Kier alpha value is -2.23. The molecule has 27 heavy (non-hydrogen) atoms. The van der Waals surface area contributed by atoms with Gasteiger partial charge in [-0.1, -0.05) is 38.8 Å². The summed E-state index contributed by atoms with van der Waals surface area (Å²) in [6.07, 6.45) is 6.48. The number of likely N-dealkylation sites (tertiary alicyclic amines) is 1. The van der Waals surface area contributed by atoms with E-state index >= 15 is 0 Å². The molecule has 0 N–H and O–H groups in total. The number of carbonyl (C=O) groups is 1. The Bertz CT molecular complexity index is 778. The van der Waals surface area contributed by atoms with Crippen molar-refractivity contribution in [3.63, 3.8) is 0 Å². The van der Waals surface area contributed by atoms with Crippen molar-refractivity contribution in [1.82, 2.24) is 9.47 Å². The Morgan fingerprint density at radius 2 is 2.04 bits per heavy atom. The van der Waals surface area contributed by atoms with Gasteiger partial charge in [0.15, 0.2) is 6.61 Å². The van der Waals surface area contributed by atoms with Crippen LogP contribution in [0.5, 0.6) is 5.75 Å². The number of aromatic nitrogens is 1. The molecule has 0 radical (unpaired) electrons. The molecule has 0 bridgehead atoms. The van der Waals surface area contributed by atoms with Gasteiger partial charge < -0.3 is 14.2 Å². The molecule has 1 fully saturated rings. The van der Waals surface area contributed by atoms with E-state index in [9.17, 15) is 4.79 Å². The summed E-state index contributed by atoms with van der Waals surface area (Å²) in [7, 11) is 2.06. The van der Waals surface area contributed by atoms with E-state index < -0.39 is 0 Å². The summed E-state index contributed by atoms with van der Waals surface area (Å²) in [4.78, 5) is 15.1. The summed E-state index contributed by atoms with van der Waals surface area (Å²) in [5.74, 6) is 1.29. The molecule has 146 valence electrons. The first-order valence-electron chi connectivity index (χ1n) is 10.1. The molecule has 1 atom stereocenters. The van der Waals surface area contributed by atoms with Crippen LogP contribution in [-0.4, -0.2) is 28.5 Å². The second-order valence-corrected chi connectivity index (χ2v) is 7.98. The third-order valence-corrected chi connectivity index (χ3v) is 5.54. The van der Waals surface area contributed by atoms with Crippen LogP contribution < -0.4 is 4.74 Å². The van der Waals surface area contributed by atoms with Gasteiger partial charge in [-0.05, 0) is 55.0 Å². The molecule has 4 heteroatoms. The Morgan fingerprint density at radius 1 is 1.22 bits per heavy atom. The number of amides is 1. The fourth-order valence-corrected chi connectivity index (χ4v) is 4.00. The highest BCUT2D eigenvalue weighted by atomic mass is 16.5. The number of nitrogens with zero attached hydrogens (tertiary/aromatic N) is 2. The molecule has 1 unspecified atom stereocenters. The SMILES string of the molecule is Cc1ccc(C(C)C)c(OCC(=O)N2CCCCCC2c2cccn2C)c1. The van der Waals surface area contributed by atoms with Crippen LogP contribution in [-0.2, 0) is 11.8 Å². The summed E-state index contributed by atoms with van der Waals surface area (Å²) in [6.45, 7) is 7.27. The summed E-state index contributed by atoms with van der Waals surface area (Å²) in [5.41, 5.74) is 3.52. The van der Waals surface area contributed by atoms with Gasteiger partial charge in [0.25, 0.3) is 5.91 Å². The lowest BCUT2D eigenvalue weighted by molar-refractivity contribution is -0.136. The Morgan fingerprint density at radius 3 is 2.74 bits per heavy atom. The van der Waals surface area contributed by atoms with E-state index in [-0.39, 0.29) is 18.6 Å². The van der Waals surface area contributed by atoms with Gasteiger partial charge in [0, 0.05) is 25.5 Å². The number of hydrogen-bond acceptors (Lipinski definition) is 2. The zero-order valence-corrected chi connectivity index (χ0v) is 17.1. The fraction of sp³-hybridized carbons (Fsp3) is 0.522. The van der Waals surface area contributed by atoms with Crippen LogP contribution in [0, 0.1) is 6.92 Å². The Labute approximate surface area is 163 Å². The molecule has 0 saturated carbocycles. The van der Waals surface area contributed by atoms with E-state index in [0.29, 0.717) is 5.92 Å². The number of ether oxygens (including phenoxy) is 1.